The highest BCUT2D eigenvalue weighted by Crippen LogP contribution is 2.41. The number of hydrogen-bond acceptors (Lipinski definition) is 5. The van der Waals surface area contributed by atoms with Gasteiger partial charge >= 0.3 is 11.9 Å². The number of carboxylic acid groups (broad SMARTS) is 2. The molecule has 2 aromatic carbocycles. The molecule has 0 saturated heterocycles. The highest BCUT2D eigenvalue weighted by molar-refractivity contribution is 6.05. The van der Waals surface area contributed by atoms with Crippen LogP contribution >= 0.6 is 0 Å². The third kappa shape index (κ3) is 3.99. The predicted molar refractivity (Wildman–Crippen MR) is 104 cm³/mol. The minimum atomic E-state index is -1.26. The number of carbonyl (C=O) groups is 3. The van der Waals surface area contributed by atoms with Gasteiger partial charge in [-0.25, -0.2) is 9.59 Å². The maximum Gasteiger partial charge on any atom is 0.339 e. The molecule has 0 bridgehead atoms. The number of aromatic hydroxyl groups is 2. The first kappa shape index (κ1) is 20.1. The summed E-state index contributed by atoms with van der Waals surface area (Å²) >= 11 is 0. The van der Waals surface area contributed by atoms with Crippen molar-refractivity contribution in [2.24, 2.45) is 5.41 Å². The third-order valence-corrected chi connectivity index (χ3v) is 5.26. The molecule has 1 saturated carbocycles. The summed E-state index contributed by atoms with van der Waals surface area (Å²) in [5.74, 6) is -3.26. The fourth-order valence-corrected chi connectivity index (χ4v) is 3.66. The summed E-state index contributed by atoms with van der Waals surface area (Å²) in [5.41, 5.74) is 0.508. The average molecular weight is 396 g/mol. The summed E-state index contributed by atoms with van der Waals surface area (Å²) < 4.78 is 0. The van der Waals surface area contributed by atoms with E-state index < -0.39 is 17.4 Å². The maximum atomic E-state index is 13.0. The number of carboxylic acids is 2. The Morgan fingerprint density at radius 2 is 1.59 bits per heavy atom. The quantitative estimate of drug-likeness (QED) is 0.569. The Balaban J connectivity index is 1.86. The molecule has 150 valence electrons. The molecule has 0 heterocycles. The van der Waals surface area contributed by atoms with Gasteiger partial charge in [-0.2, -0.15) is 0 Å². The molecular formula is C22H20O7. The van der Waals surface area contributed by atoms with E-state index in [9.17, 15) is 24.6 Å². The highest BCUT2D eigenvalue weighted by Gasteiger charge is 2.40. The second-order valence-corrected chi connectivity index (χ2v) is 7.47. The van der Waals surface area contributed by atoms with Crippen molar-refractivity contribution in [1.82, 2.24) is 0 Å². The Hall–Kier alpha value is -3.61. The molecule has 2 aromatic rings. The average Bonchev–Trinajstić information content (AvgIpc) is 2.92. The van der Waals surface area contributed by atoms with E-state index in [-0.39, 0.29) is 28.4 Å². The van der Waals surface area contributed by atoms with Gasteiger partial charge < -0.3 is 20.4 Å². The van der Waals surface area contributed by atoms with E-state index in [1.54, 1.807) is 12.1 Å². The zero-order valence-electron chi connectivity index (χ0n) is 15.7. The van der Waals surface area contributed by atoms with E-state index in [0.29, 0.717) is 36.0 Å². The fourth-order valence-electron chi connectivity index (χ4n) is 3.66. The second kappa shape index (κ2) is 7.43. The lowest BCUT2D eigenvalue weighted by atomic mass is 9.80. The zero-order chi connectivity index (χ0) is 21.3. The number of phenols is 2. The van der Waals surface area contributed by atoms with Crippen LogP contribution in [0.2, 0.25) is 0 Å². The van der Waals surface area contributed by atoms with Crippen LogP contribution in [-0.2, 0) is 11.2 Å². The Kier molecular flexibility index (Phi) is 5.16. The van der Waals surface area contributed by atoms with Crippen LogP contribution in [0.5, 0.6) is 11.5 Å². The summed E-state index contributed by atoms with van der Waals surface area (Å²) in [6.45, 7) is 1.81. The van der Waals surface area contributed by atoms with Crippen LogP contribution in [-0.4, -0.2) is 38.1 Å². The Bertz CT molecular complexity index is 1050. The molecule has 0 aromatic heterocycles. The van der Waals surface area contributed by atoms with Crippen molar-refractivity contribution in [3.63, 3.8) is 0 Å². The number of Topliss-reactive ketones (excluding diaryl/α,β-unsaturated/α-hetero) is 1. The highest BCUT2D eigenvalue weighted by atomic mass is 16.4. The van der Waals surface area contributed by atoms with Crippen molar-refractivity contribution in [1.29, 1.82) is 0 Å². The number of rotatable bonds is 5. The summed E-state index contributed by atoms with van der Waals surface area (Å²) in [6.07, 6.45) is 3.01. The number of aromatic carboxylic acids is 2. The van der Waals surface area contributed by atoms with Gasteiger partial charge in [0.15, 0.2) is 5.78 Å². The van der Waals surface area contributed by atoms with Gasteiger partial charge in [-0.3, -0.25) is 4.79 Å². The molecule has 1 atom stereocenters. The number of benzene rings is 2. The fraction of sp³-hybridized carbons (Fsp3) is 0.227. The first-order valence-corrected chi connectivity index (χ1v) is 8.97. The number of allylic oxidation sites excluding steroid dienone is 1. The van der Waals surface area contributed by atoms with Gasteiger partial charge in [0, 0.05) is 5.41 Å². The summed E-state index contributed by atoms with van der Waals surface area (Å²) in [6, 6.07) is 8.40. The Morgan fingerprint density at radius 3 is 2.21 bits per heavy atom. The van der Waals surface area contributed by atoms with Gasteiger partial charge in [-0.1, -0.05) is 19.1 Å². The predicted octanol–water partition coefficient (Wildman–Crippen LogP) is 3.49. The van der Waals surface area contributed by atoms with Crippen molar-refractivity contribution in [2.75, 3.05) is 0 Å². The van der Waals surface area contributed by atoms with E-state index in [1.165, 1.54) is 30.3 Å². The lowest BCUT2D eigenvalue weighted by Gasteiger charge is -2.22. The topological polar surface area (TPSA) is 132 Å². The molecule has 0 radical (unpaired) electrons. The van der Waals surface area contributed by atoms with Crippen LogP contribution in [0.1, 0.15) is 51.6 Å². The molecule has 1 aliphatic rings. The maximum absolute atomic E-state index is 13.0. The molecule has 3 rings (SSSR count). The number of hydrogen-bond donors (Lipinski definition) is 4. The van der Waals surface area contributed by atoms with Crippen LogP contribution < -0.4 is 0 Å². The standard InChI is InChI=1S/C22H20O7/c1-22(11-13-3-5-18(24)16(10-13)21(28)29)7-6-14(19(22)25)8-12-2-4-17(23)15(9-12)20(26)27/h2-5,8-10,23-24H,6-7,11H2,1H3,(H,26,27)(H,28,29)/b14-8+. The molecule has 29 heavy (non-hydrogen) atoms. The molecule has 1 fully saturated rings. The first-order valence-electron chi connectivity index (χ1n) is 8.97. The lowest BCUT2D eigenvalue weighted by molar-refractivity contribution is -0.122. The van der Waals surface area contributed by atoms with Gasteiger partial charge in [-0.15, -0.1) is 0 Å². The third-order valence-electron chi connectivity index (χ3n) is 5.26. The van der Waals surface area contributed by atoms with Gasteiger partial charge in [0.2, 0.25) is 0 Å². The van der Waals surface area contributed by atoms with Gasteiger partial charge in [0.25, 0.3) is 0 Å². The minimum Gasteiger partial charge on any atom is -0.507 e. The molecule has 7 heteroatoms. The van der Waals surface area contributed by atoms with Gasteiger partial charge in [0.1, 0.15) is 22.6 Å². The van der Waals surface area contributed by atoms with Crippen molar-refractivity contribution in [3.05, 3.63) is 64.2 Å². The molecule has 0 spiro atoms. The molecule has 1 aliphatic carbocycles. The van der Waals surface area contributed by atoms with Crippen molar-refractivity contribution < 1.29 is 34.8 Å². The van der Waals surface area contributed by atoms with Crippen LogP contribution in [0.15, 0.2) is 42.0 Å². The molecule has 4 N–H and O–H groups in total. The number of ketones is 1. The minimum absolute atomic E-state index is 0.0904. The Labute approximate surface area is 166 Å². The Morgan fingerprint density at radius 1 is 1.00 bits per heavy atom. The van der Waals surface area contributed by atoms with E-state index in [2.05, 4.69) is 0 Å². The van der Waals surface area contributed by atoms with Crippen molar-refractivity contribution in [2.45, 2.75) is 26.2 Å². The molecule has 7 nitrogen and oxygen atoms in total. The molecule has 0 amide bonds. The summed E-state index contributed by atoms with van der Waals surface area (Å²) in [7, 11) is 0. The van der Waals surface area contributed by atoms with E-state index in [0.717, 1.165) is 0 Å². The molecule has 1 unspecified atom stereocenters. The number of carbonyl (C=O) groups excluding carboxylic acids is 1. The van der Waals surface area contributed by atoms with Crippen molar-refractivity contribution >= 4 is 23.8 Å². The van der Waals surface area contributed by atoms with Crippen molar-refractivity contribution in [3.8, 4) is 11.5 Å². The zero-order valence-corrected chi connectivity index (χ0v) is 15.7. The van der Waals surface area contributed by atoms with Gasteiger partial charge in [0.05, 0.1) is 0 Å². The van der Waals surface area contributed by atoms with Crippen LogP contribution in [0.4, 0.5) is 0 Å². The molecule has 0 aliphatic heterocycles. The first-order chi connectivity index (χ1) is 13.6. The monoisotopic (exact) mass is 396 g/mol. The van der Waals surface area contributed by atoms with Gasteiger partial charge in [-0.05, 0) is 66.3 Å². The van der Waals surface area contributed by atoms with E-state index in [4.69, 9.17) is 10.2 Å². The van der Waals surface area contributed by atoms with Crippen LogP contribution in [0.25, 0.3) is 6.08 Å². The van der Waals surface area contributed by atoms with E-state index >= 15 is 0 Å². The smallest absolute Gasteiger partial charge is 0.339 e. The largest absolute Gasteiger partial charge is 0.507 e. The SMILES string of the molecule is CC1(Cc2ccc(O)c(C(=O)O)c2)CC/C(=C\c2ccc(O)c(C(=O)O)c2)C1=O. The molecular weight excluding hydrogens is 376 g/mol. The van der Waals surface area contributed by atoms with Crippen LogP contribution in [0, 0.1) is 5.41 Å². The normalized spacial score (nSPS) is 20.2. The van der Waals surface area contributed by atoms with E-state index in [1.807, 2.05) is 6.92 Å². The summed E-state index contributed by atoms with van der Waals surface area (Å²) in [4.78, 5) is 35.4. The van der Waals surface area contributed by atoms with Crippen LogP contribution in [0.3, 0.4) is 0 Å². The summed E-state index contributed by atoms with van der Waals surface area (Å²) in [5, 5.41) is 37.6. The lowest BCUT2D eigenvalue weighted by Crippen LogP contribution is -2.25. The second-order valence-electron chi connectivity index (χ2n) is 7.47.